The van der Waals surface area contributed by atoms with Gasteiger partial charge in [-0.05, 0) is 43.7 Å². The van der Waals surface area contributed by atoms with Gasteiger partial charge in [0.2, 0.25) is 11.7 Å². The second-order valence-electron chi connectivity index (χ2n) is 11.4. The second-order valence-corrected chi connectivity index (χ2v) is 17.0. The van der Waals surface area contributed by atoms with E-state index < -0.39 is 19.3 Å². The molecule has 0 aliphatic carbocycles. The first-order chi connectivity index (χ1) is 18.5. The van der Waals surface area contributed by atoms with Crippen LogP contribution in [0.15, 0.2) is 36.5 Å². The van der Waals surface area contributed by atoms with Crippen molar-refractivity contribution in [3.63, 3.8) is 0 Å². The molecule has 204 valence electrons. The third-order valence-electron chi connectivity index (χ3n) is 6.77. The number of hydrogen-bond acceptors (Lipinski definition) is 8. The average Bonchev–Trinajstić information content (AvgIpc) is 3.33. The third-order valence-corrected chi connectivity index (χ3v) is 8.47. The molecule has 0 unspecified atom stereocenters. The number of hydrogen-bond donors (Lipinski definition) is 0. The van der Waals surface area contributed by atoms with Crippen molar-refractivity contribution in [3.8, 4) is 17.3 Å². The number of carbonyl (C=O) groups is 1. The van der Waals surface area contributed by atoms with E-state index in [9.17, 15) is 9.18 Å². The minimum absolute atomic E-state index is 0.0702. The van der Waals surface area contributed by atoms with Crippen LogP contribution < -0.4 is 9.64 Å². The van der Waals surface area contributed by atoms with Gasteiger partial charge >= 0.3 is 0 Å². The molecule has 0 radical (unpaired) electrons. The molecule has 12 heteroatoms. The van der Waals surface area contributed by atoms with Crippen LogP contribution in [0.5, 0.6) is 5.75 Å². The first-order valence-electron chi connectivity index (χ1n) is 12.8. The number of ether oxygens (including phenoxy) is 2. The van der Waals surface area contributed by atoms with Crippen molar-refractivity contribution in [2.75, 3.05) is 25.3 Å². The van der Waals surface area contributed by atoms with Crippen molar-refractivity contribution in [1.29, 1.82) is 0 Å². The summed E-state index contributed by atoms with van der Waals surface area (Å²) in [4.78, 5) is 23.8. The lowest BCUT2D eigenvalue weighted by Gasteiger charge is -2.20. The van der Waals surface area contributed by atoms with Gasteiger partial charge in [0.1, 0.15) is 29.7 Å². The quantitative estimate of drug-likeness (QED) is 0.223. The standard InChI is InChI=1S/C27H32FN7O3Si/c1-27(2)22-25(34(26(27)36)16-38-11-12-39(4,5)6)30-23(32-31-22)21-20-13-18(28)14-29-24(20)35(33-21)15-17-7-9-19(37-3)10-8-17/h7-10,13-14H,11-12,15-16H2,1-6H3. The number of nitrogens with zero attached hydrogens (tertiary/aromatic N) is 7. The highest BCUT2D eigenvalue weighted by atomic mass is 28.3. The summed E-state index contributed by atoms with van der Waals surface area (Å²) < 4.78 is 27.1. The van der Waals surface area contributed by atoms with Gasteiger partial charge in [0.25, 0.3) is 0 Å². The Hall–Kier alpha value is -3.77. The fourth-order valence-electron chi connectivity index (χ4n) is 4.41. The fraction of sp³-hybridized carbons (Fsp3) is 0.407. The Labute approximate surface area is 227 Å². The van der Waals surface area contributed by atoms with Crippen molar-refractivity contribution in [3.05, 3.63) is 53.6 Å². The Balaban J connectivity index is 1.51. The zero-order chi connectivity index (χ0) is 27.9. The van der Waals surface area contributed by atoms with Gasteiger partial charge in [0.05, 0.1) is 30.7 Å². The van der Waals surface area contributed by atoms with Gasteiger partial charge in [0.15, 0.2) is 11.5 Å². The molecule has 3 aromatic heterocycles. The van der Waals surface area contributed by atoms with Crippen LogP contribution in [0.25, 0.3) is 22.6 Å². The molecule has 5 rings (SSSR count). The highest BCUT2D eigenvalue weighted by molar-refractivity contribution is 6.76. The maximum absolute atomic E-state index is 14.3. The molecule has 0 bridgehead atoms. The van der Waals surface area contributed by atoms with Gasteiger partial charge in [0, 0.05) is 14.7 Å². The van der Waals surface area contributed by atoms with Gasteiger partial charge in [-0.2, -0.15) is 5.10 Å². The molecule has 4 heterocycles. The molecule has 1 aliphatic rings. The maximum Gasteiger partial charge on any atom is 0.242 e. The Bertz CT molecular complexity index is 1530. The van der Waals surface area contributed by atoms with E-state index >= 15 is 0 Å². The van der Waals surface area contributed by atoms with Gasteiger partial charge in [-0.25, -0.2) is 19.0 Å². The number of fused-ring (bicyclic) bond motifs is 2. The summed E-state index contributed by atoms with van der Waals surface area (Å²) >= 11 is 0. The molecule has 0 N–H and O–H groups in total. The van der Waals surface area contributed by atoms with Crippen molar-refractivity contribution in [2.24, 2.45) is 0 Å². The van der Waals surface area contributed by atoms with E-state index in [-0.39, 0.29) is 18.5 Å². The number of amides is 1. The number of methoxy groups -OCH3 is 1. The Morgan fingerprint density at radius 3 is 2.54 bits per heavy atom. The summed E-state index contributed by atoms with van der Waals surface area (Å²) in [6.07, 6.45) is 1.15. The number of anilines is 1. The summed E-state index contributed by atoms with van der Waals surface area (Å²) in [6.45, 7) is 11.4. The molecule has 10 nitrogen and oxygen atoms in total. The fourth-order valence-corrected chi connectivity index (χ4v) is 5.17. The summed E-state index contributed by atoms with van der Waals surface area (Å²) in [5.41, 5.74) is 1.34. The van der Waals surface area contributed by atoms with Crippen LogP contribution in [0.1, 0.15) is 25.1 Å². The van der Waals surface area contributed by atoms with Gasteiger partial charge < -0.3 is 9.47 Å². The Morgan fingerprint density at radius 1 is 1.10 bits per heavy atom. The number of aromatic nitrogens is 6. The van der Waals surface area contributed by atoms with Crippen LogP contribution in [-0.2, 0) is 21.5 Å². The lowest BCUT2D eigenvalue weighted by atomic mass is 9.91. The zero-order valence-corrected chi connectivity index (χ0v) is 24.0. The topological polar surface area (TPSA) is 108 Å². The SMILES string of the molecule is COc1ccc(Cn2nc(-c3nnc4c(n3)N(COCC[Si](C)(C)C)C(=O)C4(C)C)c3cc(F)cnc32)cc1. The molecule has 1 amide bonds. The summed E-state index contributed by atoms with van der Waals surface area (Å²) in [5.74, 6) is 0.638. The van der Waals surface area contributed by atoms with Gasteiger partial charge in [-0.1, -0.05) is 31.8 Å². The molecule has 0 spiro atoms. The maximum atomic E-state index is 14.3. The van der Waals surface area contributed by atoms with E-state index in [0.717, 1.165) is 23.6 Å². The van der Waals surface area contributed by atoms with Crippen LogP contribution in [0.4, 0.5) is 10.2 Å². The molecule has 0 saturated carbocycles. The average molecular weight is 550 g/mol. The molecule has 1 aliphatic heterocycles. The summed E-state index contributed by atoms with van der Waals surface area (Å²) in [7, 11) is 0.326. The van der Waals surface area contributed by atoms with Crippen LogP contribution in [-0.4, -0.2) is 64.4 Å². The van der Waals surface area contributed by atoms with Crippen LogP contribution in [0, 0.1) is 5.82 Å². The van der Waals surface area contributed by atoms with E-state index in [2.05, 4.69) is 34.8 Å². The van der Waals surface area contributed by atoms with Crippen molar-refractivity contribution in [2.45, 2.75) is 51.5 Å². The van der Waals surface area contributed by atoms with Crippen LogP contribution in [0.2, 0.25) is 25.7 Å². The lowest BCUT2D eigenvalue weighted by molar-refractivity contribution is -0.123. The van der Waals surface area contributed by atoms with Gasteiger partial charge in [-0.15, -0.1) is 10.2 Å². The van der Waals surface area contributed by atoms with Crippen LogP contribution in [0.3, 0.4) is 0 Å². The van der Waals surface area contributed by atoms with Crippen molar-refractivity contribution < 1.29 is 18.7 Å². The number of rotatable bonds is 9. The molecule has 39 heavy (non-hydrogen) atoms. The number of pyridine rings is 1. The lowest BCUT2D eigenvalue weighted by Crippen LogP contribution is -2.38. The largest absolute Gasteiger partial charge is 0.497 e. The Morgan fingerprint density at radius 2 is 1.85 bits per heavy atom. The number of halogens is 1. The molecule has 0 saturated heterocycles. The predicted octanol–water partition coefficient (Wildman–Crippen LogP) is 4.42. The minimum atomic E-state index is -1.29. The first kappa shape index (κ1) is 26.8. The molecule has 0 fully saturated rings. The highest BCUT2D eigenvalue weighted by Gasteiger charge is 2.47. The zero-order valence-electron chi connectivity index (χ0n) is 23.0. The van der Waals surface area contributed by atoms with E-state index in [1.807, 2.05) is 24.3 Å². The third kappa shape index (κ3) is 5.26. The van der Waals surface area contributed by atoms with E-state index in [0.29, 0.717) is 41.4 Å². The van der Waals surface area contributed by atoms with E-state index in [4.69, 9.17) is 19.6 Å². The number of carbonyl (C=O) groups excluding carboxylic acids is 1. The Kier molecular flexibility index (Phi) is 6.93. The number of benzene rings is 1. The van der Waals surface area contributed by atoms with E-state index in [1.54, 1.807) is 25.6 Å². The first-order valence-corrected chi connectivity index (χ1v) is 16.5. The molecule has 0 atom stereocenters. The molecular weight excluding hydrogens is 517 g/mol. The monoisotopic (exact) mass is 549 g/mol. The highest BCUT2D eigenvalue weighted by Crippen LogP contribution is 2.39. The van der Waals surface area contributed by atoms with Crippen LogP contribution >= 0.6 is 0 Å². The summed E-state index contributed by atoms with van der Waals surface area (Å²) in [5, 5.41) is 13.9. The molecule has 1 aromatic carbocycles. The normalized spacial score (nSPS) is 14.7. The van der Waals surface area contributed by atoms with E-state index in [1.165, 1.54) is 11.0 Å². The minimum Gasteiger partial charge on any atom is -0.497 e. The second kappa shape index (κ2) is 10.1. The molecular formula is C27H32FN7O3Si. The van der Waals surface area contributed by atoms with Crippen molar-refractivity contribution in [1.82, 2.24) is 29.9 Å². The summed E-state index contributed by atoms with van der Waals surface area (Å²) in [6, 6.07) is 9.92. The van der Waals surface area contributed by atoms with Gasteiger partial charge in [-0.3, -0.25) is 9.69 Å². The molecule has 4 aromatic rings. The van der Waals surface area contributed by atoms with Crippen molar-refractivity contribution >= 4 is 30.8 Å². The smallest absolute Gasteiger partial charge is 0.242 e. The predicted molar refractivity (Wildman–Crippen MR) is 148 cm³/mol.